The maximum Gasteiger partial charge on any atom is 0.326 e. The van der Waals surface area contributed by atoms with Crippen LogP contribution >= 0.6 is 23.2 Å². The minimum Gasteiger partial charge on any atom is -0.489 e. The fraction of sp³-hybridized carbons (Fsp3) is 0.211. The van der Waals surface area contributed by atoms with Crippen molar-refractivity contribution < 1.29 is 22.7 Å². The first-order valence-corrected chi connectivity index (χ1v) is 10.5. The van der Waals surface area contributed by atoms with Crippen molar-refractivity contribution in [3.05, 3.63) is 65.2 Å². The van der Waals surface area contributed by atoms with Crippen LogP contribution in [-0.2, 0) is 19.6 Å². The number of carbonyl (C=O) groups excluding carboxylic acids is 1. The molecule has 0 radical (unpaired) electrons. The largest absolute Gasteiger partial charge is 0.489 e. The summed E-state index contributed by atoms with van der Waals surface area (Å²) < 4.78 is 37.8. The van der Waals surface area contributed by atoms with E-state index in [9.17, 15) is 13.2 Å². The quantitative estimate of drug-likeness (QED) is 0.426. The molecule has 6 nitrogen and oxygen atoms in total. The van der Waals surface area contributed by atoms with Gasteiger partial charge in [-0.1, -0.05) is 41.9 Å². The van der Waals surface area contributed by atoms with Crippen LogP contribution in [0, 0.1) is 0 Å². The van der Waals surface area contributed by atoms with Gasteiger partial charge >= 0.3 is 5.97 Å². The van der Waals surface area contributed by atoms with E-state index in [-0.39, 0.29) is 33.8 Å². The van der Waals surface area contributed by atoms with Gasteiger partial charge in [-0.25, -0.2) is 8.42 Å². The summed E-state index contributed by atoms with van der Waals surface area (Å²) in [6.45, 7) is 5.08. The Labute approximate surface area is 174 Å². The maximum atomic E-state index is 13.2. The fourth-order valence-electron chi connectivity index (χ4n) is 2.29. The Morgan fingerprint density at radius 3 is 2.57 bits per heavy atom. The summed E-state index contributed by atoms with van der Waals surface area (Å²) in [6.07, 6.45) is 1.56. The molecule has 0 saturated carbocycles. The molecule has 0 fully saturated rings. The van der Waals surface area contributed by atoms with E-state index in [1.807, 2.05) is 0 Å². The Kier molecular flexibility index (Phi) is 7.74. The van der Waals surface area contributed by atoms with Crippen molar-refractivity contribution in [1.82, 2.24) is 0 Å². The molecular weight excluding hydrogens is 425 g/mol. The van der Waals surface area contributed by atoms with Crippen molar-refractivity contribution in [2.45, 2.75) is 11.8 Å². The molecule has 0 saturated heterocycles. The summed E-state index contributed by atoms with van der Waals surface area (Å²) >= 11 is 11.9. The third-order valence-corrected chi connectivity index (χ3v) is 6.04. The number of esters is 1. The van der Waals surface area contributed by atoms with Gasteiger partial charge < -0.3 is 9.47 Å². The molecule has 0 amide bonds. The zero-order valence-corrected chi connectivity index (χ0v) is 17.4. The number of anilines is 1. The predicted octanol–water partition coefficient (Wildman–Crippen LogP) is 4.32. The highest BCUT2D eigenvalue weighted by molar-refractivity contribution is 7.92. The van der Waals surface area contributed by atoms with Gasteiger partial charge in [0.1, 0.15) is 18.9 Å². The second-order valence-electron chi connectivity index (χ2n) is 5.49. The number of hydrogen-bond acceptors (Lipinski definition) is 5. The average Bonchev–Trinajstić information content (AvgIpc) is 2.66. The Morgan fingerprint density at radius 1 is 1.18 bits per heavy atom. The van der Waals surface area contributed by atoms with Crippen molar-refractivity contribution in [2.75, 3.05) is 24.1 Å². The van der Waals surface area contributed by atoms with Crippen molar-refractivity contribution in [3.8, 4) is 5.75 Å². The lowest BCUT2D eigenvalue weighted by Crippen LogP contribution is -2.36. The van der Waals surface area contributed by atoms with Gasteiger partial charge in [0.15, 0.2) is 0 Å². The van der Waals surface area contributed by atoms with E-state index in [0.717, 1.165) is 4.31 Å². The second kappa shape index (κ2) is 9.82. The van der Waals surface area contributed by atoms with E-state index < -0.39 is 22.5 Å². The number of hydrogen-bond donors (Lipinski definition) is 0. The Hall–Kier alpha value is -2.22. The molecule has 0 aliphatic carbocycles. The van der Waals surface area contributed by atoms with E-state index in [2.05, 4.69) is 6.58 Å². The van der Waals surface area contributed by atoms with Crippen LogP contribution in [0.4, 0.5) is 5.69 Å². The Bertz CT molecular complexity index is 963. The number of benzene rings is 2. The molecule has 150 valence electrons. The molecular formula is C19H19Cl2NO5S. The maximum absolute atomic E-state index is 13.2. The van der Waals surface area contributed by atoms with Crippen molar-refractivity contribution in [2.24, 2.45) is 0 Å². The molecule has 0 heterocycles. The minimum absolute atomic E-state index is 0.0851. The fourth-order valence-corrected chi connectivity index (χ4v) is 4.08. The molecule has 0 unspecified atom stereocenters. The lowest BCUT2D eigenvalue weighted by atomic mass is 10.3. The Balaban J connectivity index is 2.50. The van der Waals surface area contributed by atoms with Gasteiger partial charge in [-0.2, -0.15) is 0 Å². The molecule has 9 heteroatoms. The van der Waals surface area contributed by atoms with Crippen molar-refractivity contribution >= 4 is 44.9 Å². The van der Waals surface area contributed by atoms with Gasteiger partial charge in [0.05, 0.1) is 27.2 Å². The van der Waals surface area contributed by atoms with Gasteiger partial charge in [0, 0.05) is 6.07 Å². The number of sulfonamides is 1. The van der Waals surface area contributed by atoms with Gasteiger partial charge in [0.25, 0.3) is 10.0 Å². The zero-order valence-electron chi connectivity index (χ0n) is 15.1. The molecule has 2 rings (SSSR count). The molecule has 0 atom stereocenters. The first kappa shape index (κ1) is 22.1. The predicted molar refractivity (Wildman–Crippen MR) is 110 cm³/mol. The van der Waals surface area contributed by atoms with Crippen LogP contribution in [0.25, 0.3) is 0 Å². The number of carbonyl (C=O) groups is 1. The Morgan fingerprint density at radius 2 is 1.93 bits per heavy atom. The van der Waals surface area contributed by atoms with Crippen molar-refractivity contribution in [1.29, 1.82) is 0 Å². The highest BCUT2D eigenvalue weighted by Crippen LogP contribution is 2.30. The molecule has 2 aromatic carbocycles. The standard InChI is InChI=1S/C19H19Cl2NO5S/c1-3-10-27-15-7-5-6-14(11-15)22(13-19(23)26-4-2)28(24,25)16-8-9-17(20)18(21)12-16/h3,5-9,11-12H,1,4,10,13H2,2H3. The highest BCUT2D eigenvalue weighted by Gasteiger charge is 2.28. The first-order valence-electron chi connectivity index (χ1n) is 8.26. The lowest BCUT2D eigenvalue weighted by molar-refractivity contribution is -0.141. The third kappa shape index (κ3) is 5.41. The van der Waals surface area contributed by atoms with Crippen LogP contribution in [0.15, 0.2) is 60.0 Å². The van der Waals surface area contributed by atoms with E-state index in [0.29, 0.717) is 5.75 Å². The molecule has 0 aliphatic rings. The van der Waals surface area contributed by atoms with Crippen LogP contribution in [0.1, 0.15) is 6.92 Å². The third-order valence-electron chi connectivity index (χ3n) is 3.53. The highest BCUT2D eigenvalue weighted by atomic mass is 35.5. The molecule has 0 aliphatic heterocycles. The number of ether oxygens (including phenoxy) is 2. The molecule has 0 spiro atoms. The van der Waals surface area contributed by atoms with Crippen LogP contribution in [0.3, 0.4) is 0 Å². The van der Waals surface area contributed by atoms with Gasteiger partial charge in [0.2, 0.25) is 0 Å². The summed E-state index contributed by atoms with van der Waals surface area (Å²) in [5.74, 6) is -0.265. The van der Waals surface area contributed by atoms with Crippen LogP contribution in [0.5, 0.6) is 5.75 Å². The number of nitrogens with zero attached hydrogens (tertiary/aromatic N) is 1. The van der Waals surface area contributed by atoms with Crippen molar-refractivity contribution in [3.63, 3.8) is 0 Å². The first-order chi connectivity index (χ1) is 13.3. The molecule has 0 bridgehead atoms. The smallest absolute Gasteiger partial charge is 0.326 e. The molecule has 0 N–H and O–H groups in total. The number of rotatable bonds is 9. The summed E-state index contributed by atoms with van der Waals surface area (Å²) in [6, 6.07) is 10.3. The summed E-state index contributed by atoms with van der Waals surface area (Å²) in [7, 11) is -4.13. The van der Waals surface area contributed by atoms with Crippen LogP contribution in [-0.4, -0.2) is 34.1 Å². The normalized spacial score (nSPS) is 11.0. The molecule has 0 aromatic heterocycles. The summed E-state index contributed by atoms with van der Waals surface area (Å²) in [5, 5.41) is 0.305. The SMILES string of the molecule is C=CCOc1cccc(N(CC(=O)OCC)S(=O)(=O)c2ccc(Cl)c(Cl)c2)c1. The topological polar surface area (TPSA) is 72.9 Å². The monoisotopic (exact) mass is 443 g/mol. The van der Waals surface area contributed by atoms with E-state index in [4.69, 9.17) is 32.7 Å². The summed E-state index contributed by atoms with van der Waals surface area (Å²) in [5.41, 5.74) is 0.237. The summed E-state index contributed by atoms with van der Waals surface area (Å²) in [4.78, 5) is 12.0. The molecule has 28 heavy (non-hydrogen) atoms. The van der Waals surface area contributed by atoms with E-state index in [1.54, 1.807) is 31.2 Å². The van der Waals surface area contributed by atoms with Crippen LogP contribution < -0.4 is 9.04 Å². The van der Waals surface area contributed by atoms with E-state index in [1.165, 1.54) is 24.3 Å². The van der Waals surface area contributed by atoms with Gasteiger partial charge in [-0.3, -0.25) is 9.10 Å². The average molecular weight is 444 g/mol. The van der Waals surface area contributed by atoms with Crippen LogP contribution in [0.2, 0.25) is 10.0 Å². The number of halogens is 2. The minimum atomic E-state index is -4.13. The lowest BCUT2D eigenvalue weighted by Gasteiger charge is -2.24. The second-order valence-corrected chi connectivity index (χ2v) is 8.17. The van der Waals surface area contributed by atoms with Gasteiger partial charge in [-0.15, -0.1) is 0 Å². The van der Waals surface area contributed by atoms with E-state index >= 15 is 0 Å². The zero-order chi connectivity index (χ0) is 20.7. The van der Waals surface area contributed by atoms with Gasteiger partial charge in [-0.05, 0) is 37.3 Å². The molecule has 2 aromatic rings.